The summed E-state index contributed by atoms with van der Waals surface area (Å²) in [5.74, 6) is 0. The van der Waals surface area contributed by atoms with Gasteiger partial charge in [-0.1, -0.05) is 0 Å². The maximum atomic E-state index is 8.00. The van der Waals surface area contributed by atoms with Crippen LogP contribution in [0.15, 0.2) is 0 Å². The van der Waals surface area contributed by atoms with Crippen LogP contribution in [0.25, 0.3) is 0 Å². The van der Waals surface area contributed by atoms with Gasteiger partial charge in [-0.3, -0.25) is 0 Å². The Balaban J connectivity index is -0.000000000833. The fraction of sp³-hybridized carbons (Fsp3) is 0. The first-order valence-corrected chi connectivity index (χ1v) is 0.595. The Hall–Kier alpha value is 2.01. The van der Waals surface area contributed by atoms with Crippen molar-refractivity contribution in [3.05, 3.63) is 0 Å². The number of rotatable bonds is 0. The van der Waals surface area contributed by atoms with Gasteiger partial charge in [-0.25, -0.2) is 0 Å². The summed E-state index contributed by atoms with van der Waals surface area (Å²) in [6.45, 7) is 0. The van der Waals surface area contributed by atoms with Crippen LogP contribution in [0, 0.1) is 0 Å². The second-order valence-electron chi connectivity index (χ2n) is 0. The molecule has 0 aromatic rings. The van der Waals surface area contributed by atoms with Crippen LogP contribution in [0.1, 0.15) is 2.85 Å². The Kier molecular flexibility index (Phi) is 83.1. The molecule has 0 aromatic carbocycles. The van der Waals surface area contributed by atoms with Gasteiger partial charge in [0.25, 0.3) is 0 Å². The third-order valence-corrected chi connectivity index (χ3v) is 0. The zero-order valence-corrected chi connectivity index (χ0v) is 10.2. The molecule has 24 valence electrons. The Labute approximate surface area is 72.2 Å². The zero-order chi connectivity index (χ0) is 2.00. The molecule has 0 fully saturated rings. The summed E-state index contributed by atoms with van der Waals surface area (Å²) in [4.78, 5) is 0. The molecule has 0 saturated carbocycles. The van der Waals surface area contributed by atoms with Crippen molar-refractivity contribution in [2.75, 3.05) is 0 Å². The van der Waals surface area contributed by atoms with E-state index < -0.39 is 0 Å². The average molecular weight is 307 g/mol. The first kappa shape index (κ1) is 16.7. The molecule has 0 aliphatic carbocycles. The quantitative estimate of drug-likeness (QED) is 0.514. The molecule has 4 heteroatoms. The zero-order valence-electron chi connectivity index (χ0n) is 4.18. The first-order chi connectivity index (χ1) is 1.00. The van der Waals surface area contributed by atoms with Crippen molar-refractivity contribution in [1.29, 1.82) is 0 Å². The van der Waals surface area contributed by atoms with Gasteiger partial charge in [0.1, 0.15) is 0 Å². The Bertz CT molecular complexity index is 13.5. The molecule has 0 aliphatic heterocycles. The van der Waals surface area contributed by atoms with Gasteiger partial charge >= 0.3 is 70.1 Å². The van der Waals surface area contributed by atoms with E-state index in [-0.39, 0.29) is 53.2 Å². The fourth-order valence-electron chi connectivity index (χ4n) is 0. The van der Waals surface area contributed by atoms with Gasteiger partial charge in [-0.2, -0.15) is 0 Å². The van der Waals surface area contributed by atoms with Crippen molar-refractivity contribution in [2.45, 2.75) is 0 Å². The van der Waals surface area contributed by atoms with Gasteiger partial charge in [0.15, 0.2) is 0 Å². The molecule has 0 amide bonds. The SMILES string of the molecule is [H-].[H-].[Mg+2].[O]=[Fe].[PbH2]. The normalized spacial score (nSPS) is 1.25. The summed E-state index contributed by atoms with van der Waals surface area (Å²) < 4.78 is 8.00. The molecule has 0 aromatic heterocycles. The predicted octanol–water partition coefficient (Wildman–Crippen LogP) is -1.19. The summed E-state index contributed by atoms with van der Waals surface area (Å²) >= 11 is 2.00. The van der Waals surface area contributed by atoms with Crippen LogP contribution in [0.2, 0.25) is 0 Å². The van der Waals surface area contributed by atoms with E-state index in [1.807, 2.05) is 15.9 Å². The average Bonchev–Trinajstić information content (AvgIpc) is 1.00. The van der Waals surface area contributed by atoms with Crippen LogP contribution in [-0.4, -0.2) is 50.4 Å². The molecule has 0 aliphatic rings. The summed E-state index contributed by atoms with van der Waals surface area (Å²) in [7, 11) is 0. The Morgan fingerprint density at radius 3 is 1.50 bits per heavy atom. The van der Waals surface area contributed by atoms with Crippen molar-refractivity contribution in [1.82, 2.24) is 0 Å². The molecule has 0 bridgehead atoms. The molecule has 0 spiro atoms. The summed E-state index contributed by atoms with van der Waals surface area (Å²) in [6, 6.07) is 0. The first-order valence-electron chi connectivity index (χ1n) is 0.144. The third-order valence-electron chi connectivity index (χ3n) is 0. The van der Waals surface area contributed by atoms with Crippen LogP contribution in [0.3, 0.4) is 0 Å². The second-order valence-corrected chi connectivity index (χ2v) is 0. The van der Waals surface area contributed by atoms with Gasteiger partial charge in [0.2, 0.25) is 0 Å². The van der Waals surface area contributed by atoms with Crippen LogP contribution in [0.5, 0.6) is 0 Å². The molecule has 4 heavy (non-hydrogen) atoms. The molecule has 2 radical (unpaired) electrons. The minimum atomic E-state index is 0. The van der Waals surface area contributed by atoms with Crippen molar-refractivity contribution in [3.63, 3.8) is 0 Å². The fourth-order valence-corrected chi connectivity index (χ4v) is 0. The van der Waals surface area contributed by atoms with Crippen LogP contribution >= 0.6 is 0 Å². The van der Waals surface area contributed by atoms with Gasteiger partial charge < -0.3 is 2.85 Å². The minimum absolute atomic E-state index is 0. The van der Waals surface area contributed by atoms with E-state index in [9.17, 15) is 0 Å². The summed E-state index contributed by atoms with van der Waals surface area (Å²) in [5.41, 5.74) is 0. The Morgan fingerprint density at radius 2 is 1.50 bits per heavy atom. The van der Waals surface area contributed by atoms with Crippen LogP contribution in [0.4, 0.5) is 0 Å². The molecule has 0 saturated heterocycles. The third kappa shape index (κ3) is 8.99. The number of hydrogen-bond acceptors (Lipinski definition) is 1. The molecule has 1 nitrogen and oxygen atoms in total. The molecule has 0 heterocycles. The van der Waals surface area contributed by atoms with E-state index in [0.717, 1.165) is 0 Å². The van der Waals surface area contributed by atoms with Crippen molar-refractivity contribution in [3.8, 4) is 0 Å². The maximum absolute atomic E-state index is 8.00. The molecule has 0 unspecified atom stereocenters. The van der Waals surface area contributed by atoms with E-state index in [4.69, 9.17) is 3.83 Å². The predicted molar refractivity (Wildman–Crippen MR) is 17.2 cm³/mol. The van der Waals surface area contributed by atoms with Gasteiger partial charge in [0, 0.05) is 0 Å². The van der Waals surface area contributed by atoms with E-state index in [1.54, 1.807) is 0 Å². The standard InChI is InChI=1S/Fe.Mg.O.Pb.4H/q;+2;;;;;2*-1. The van der Waals surface area contributed by atoms with Crippen molar-refractivity contribution in [2.24, 2.45) is 0 Å². The van der Waals surface area contributed by atoms with E-state index in [0.29, 0.717) is 0 Å². The summed E-state index contributed by atoms with van der Waals surface area (Å²) in [6.07, 6.45) is 0. The molecular formula is H4FeMgOPb. The molecule has 0 atom stereocenters. The summed E-state index contributed by atoms with van der Waals surface area (Å²) in [5, 5.41) is 0. The molecule has 0 rings (SSSR count). The van der Waals surface area contributed by atoms with Gasteiger partial charge in [0.05, 0.1) is 0 Å². The van der Waals surface area contributed by atoms with Gasteiger partial charge in [-0.05, 0) is 0 Å². The second kappa shape index (κ2) is 20.0. The van der Waals surface area contributed by atoms with Crippen LogP contribution in [-0.2, 0) is 19.8 Å². The van der Waals surface area contributed by atoms with Gasteiger partial charge in [-0.15, -0.1) is 0 Å². The molecular weight excluding hydrogens is 303 g/mol. The van der Waals surface area contributed by atoms with Crippen LogP contribution < -0.4 is 0 Å². The van der Waals surface area contributed by atoms with Crippen molar-refractivity contribution < 1.29 is 22.6 Å². The monoisotopic (exact) mass is 308 g/mol. The van der Waals surface area contributed by atoms with Crippen molar-refractivity contribution >= 4 is 50.4 Å². The van der Waals surface area contributed by atoms with E-state index in [2.05, 4.69) is 0 Å². The molecule has 0 N–H and O–H groups in total. The Morgan fingerprint density at radius 1 is 1.50 bits per heavy atom. The number of hydrogen-bond donors (Lipinski definition) is 0. The topological polar surface area (TPSA) is 17.1 Å². The van der Waals surface area contributed by atoms with E-state index >= 15 is 0 Å². The van der Waals surface area contributed by atoms with E-state index in [1.165, 1.54) is 0 Å².